The van der Waals surface area contributed by atoms with Gasteiger partial charge >= 0.3 is 5.97 Å². The van der Waals surface area contributed by atoms with Gasteiger partial charge in [0, 0.05) is 10.9 Å². The van der Waals surface area contributed by atoms with Crippen LogP contribution in [0.5, 0.6) is 0 Å². The number of carbonyl (C=O) groups is 2. The van der Waals surface area contributed by atoms with E-state index in [0.29, 0.717) is 23.2 Å². The molecular weight excluding hydrogens is 428 g/mol. The molecule has 29 heavy (non-hydrogen) atoms. The Labute approximate surface area is 182 Å². The van der Waals surface area contributed by atoms with E-state index in [0.717, 1.165) is 40.7 Å². The summed E-state index contributed by atoms with van der Waals surface area (Å²) >= 11 is 4.36. The summed E-state index contributed by atoms with van der Waals surface area (Å²) in [6.07, 6.45) is 6.34. The molecule has 0 aromatic carbocycles. The molecule has 2 aliphatic carbocycles. The van der Waals surface area contributed by atoms with E-state index in [1.807, 2.05) is 6.92 Å². The number of amides is 1. The van der Waals surface area contributed by atoms with Gasteiger partial charge in [0.15, 0.2) is 4.34 Å². The number of rotatable bonds is 8. The van der Waals surface area contributed by atoms with Gasteiger partial charge in [-0.3, -0.25) is 4.79 Å². The van der Waals surface area contributed by atoms with Gasteiger partial charge in [0.2, 0.25) is 11.0 Å². The number of fused-ring (bicyclic) bond motifs is 1. The quantitative estimate of drug-likeness (QED) is 0.454. The average molecular weight is 453 g/mol. The summed E-state index contributed by atoms with van der Waals surface area (Å²) in [5.41, 5.74) is 1.60. The lowest BCUT2D eigenvalue weighted by atomic mass is 9.95. The highest BCUT2D eigenvalue weighted by molar-refractivity contribution is 8.02. The van der Waals surface area contributed by atoms with Crippen LogP contribution in [0.25, 0.3) is 0 Å². The highest BCUT2D eigenvalue weighted by Gasteiger charge is 2.29. The Hall–Kier alpha value is -1.65. The van der Waals surface area contributed by atoms with Crippen molar-refractivity contribution in [2.24, 2.45) is 0 Å². The molecule has 1 amide bonds. The van der Waals surface area contributed by atoms with Crippen molar-refractivity contribution >= 4 is 56.4 Å². The topological polar surface area (TPSA) is 93.2 Å². The first-order chi connectivity index (χ1) is 14.0. The number of nitrogens with one attached hydrogen (secondary N) is 2. The standard InChI is InChI=1S/C19H24N4O3S3/c1-3-26-17(25)14-12-6-4-5-7-13(12)28-16(14)21-15(24)10(2)27-19-23-22-18(29-19)20-11-8-9-11/h10-11H,3-9H2,1-2H3,(H,20,22)(H,21,24). The van der Waals surface area contributed by atoms with E-state index in [4.69, 9.17) is 4.74 Å². The Morgan fingerprint density at radius 2 is 2.03 bits per heavy atom. The summed E-state index contributed by atoms with van der Waals surface area (Å²) in [5.74, 6) is -0.492. The Morgan fingerprint density at radius 3 is 2.79 bits per heavy atom. The molecule has 0 aliphatic heterocycles. The number of ether oxygens (including phenoxy) is 1. The van der Waals surface area contributed by atoms with Gasteiger partial charge in [-0.1, -0.05) is 23.1 Å². The summed E-state index contributed by atoms with van der Waals surface area (Å²) in [6.45, 7) is 3.95. The van der Waals surface area contributed by atoms with Gasteiger partial charge in [-0.25, -0.2) is 4.79 Å². The molecule has 4 rings (SSSR count). The first-order valence-corrected chi connectivity index (χ1v) is 12.5. The van der Waals surface area contributed by atoms with E-state index in [1.165, 1.54) is 52.2 Å². The number of aryl methyl sites for hydroxylation is 1. The summed E-state index contributed by atoms with van der Waals surface area (Å²) in [4.78, 5) is 26.6. The molecule has 0 radical (unpaired) electrons. The lowest BCUT2D eigenvalue weighted by molar-refractivity contribution is -0.115. The van der Waals surface area contributed by atoms with Crippen molar-refractivity contribution in [1.29, 1.82) is 0 Å². The van der Waals surface area contributed by atoms with Crippen molar-refractivity contribution in [3.63, 3.8) is 0 Å². The van der Waals surface area contributed by atoms with Crippen molar-refractivity contribution < 1.29 is 14.3 Å². The van der Waals surface area contributed by atoms with Crippen LogP contribution >= 0.6 is 34.4 Å². The van der Waals surface area contributed by atoms with Crippen molar-refractivity contribution in [2.75, 3.05) is 17.2 Å². The molecule has 1 fully saturated rings. The third-order valence-corrected chi connectivity index (χ3v) is 8.09. The molecule has 2 aliphatic rings. The van der Waals surface area contributed by atoms with E-state index in [-0.39, 0.29) is 17.1 Å². The van der Waals surface area contributed by atoms with Crippen LogP contribution in [0.3, 0.4) is 0 Å². The molecule has 1 atom stereocenters. The van der Waals surface area contributed by atoms with Crippen molar-refractivity contribution in [3.05, 3.63) is 16.0 Å². The van der Waals surface area contributed by atoms with Crippen LogP contribution in [0.4, 0.5) is 10.1 Å². The Balaban J connectivity index is 1.44. The monoisotopic (exact) mass is 452 g/mol. The molecule has 1 saturated carbocycles. The highest BCUT2D eigenvalue weighted by atomic mass is 32.2. The normalized spacial score (nSPS) is 16.8. The fraction of sp³-hybridized carbons (Fsp3) is 0.579. The van der Waals surface area contributed by atoms with Crippen LogP contribution in [0.15, 0.2) is 4.34 Å². The second kappa shape index (κ2) is 9.01. The Kier molecular flexibility index (Phi) is 6.41. The first-order valence-electron chi connectivity index (χ1n) is 9.94. The molecule has 10 heteroatoms. The fourth-order valence-electron chi connectivity index (χ4n) is 3.21. The summed E-state index contributed by atoms with van der Waals surface area (Å²) in [7, 11) is 0. The van der Waals surface area contributed by atoms with Crippen molar-refractivity contribution in [2.45, 2.75) is 68.0 Å². The number of hydrogen-bond acceptors (Lipinski definition) is 9. The number of esters is 1. The molecule has 0 saturated heterocycles. The van der Waals surface area contributed by atoms with E-state index >= 15 is 0 Å². The predicted octanol–water partition coefficient (Wildman–Crippen LogP) is 4.35. The maximum absolute atomic E-state index is 12.8. The summed E-state index contributed by atoms with van der Waals surface area (Å²) in [5, 5.41) is 15.7. The largest absolute Gasteiger partial charge is 0.462 e. The second-order valence-electron chi connectivity index (χ2n) is 7.18. The minimum atomic E-state index is -0.356. The third kappa shape index (κ3) is 4.92. The lowest BCUT2D eigenvalue weighted by Crippen LogP contribution is -2.23. The zero-order valence-electron chi connectivity index (χ0n) is 16.4. The molecule has 2 heterocycles. The molecule has 2 N–H and O–H groups in total. The number of hydrogen-bond donors (Lipinski definition) is 2. The smallest absolute Gasteiger partial charge is 0.341 e. The number of thiophene rings is 1. The molecule has 7 nitrogen and oxygen atoms in total. The van der Waals surface area contributed by atoms with Crippen molar-refractivity contribution in [3.8, 4) is 0 Å². The van der Waals surface area contributed by atoms with Crippen molar-refractivity contribution in [1.82, 2.24) is 10.2 Å². The number of thioether (sulfide) groups is 1. The van der Waals surface area contributed by atoms with E-state index < -0.39 is 0 Å². The molecule has 2 aromatic rings. The molecule has 156 valence electrons. The molecule has 1 unspecified atom stereocenters. The van der Waals surface area contributed by atoms with Gasteiger partial charge < -0.3 is 15.4 Å². The summed E-state index contributed by atoms with van der Waals surface area (Å²) in [6, 6.07) is 0.521. The van der Waals surface area contributed by atoms with E-state index in [2.05, 4.69) is 20.8 Å². The number of aromatic nitrogens is 2. The number of anilines is 2. The zero-order valence-corrected chi connectivity index (χ0v) is 18.9. The highest BCUT2D eigenvalue weighted by Crippen LogP contribution is 2.39. The lowest BCUT2D eigenvalue weighted by Gasteiger charge is -2.13. The Bertz CT molecular complexity index is 907. The van der Waals surface area contributed by atoms with E-state index in [9.17, 15) is 9.59 Å². The SMILES string of the molecule is CCOC(=O)c1c(NC(=O)C(C)Sc2nnc(NC3CC3)s2)sc2c1CCCC2. The first kappa shape index (κ1) is 20.6. The van der Waals surface area contributed by atoms with Gasteiger partial charge in [-0.2, -0.15) is 0 Å². The maximum Gasteiger partial charge on any atom is 0.341 e. The fourth-order valence-corrected chi connectivity index (χ4v) is 6.46. The van der Waals surface area contributed by atoms with Crippen LogP contribution in [-0.4, -0.2) is 40.0 Å². The van der Waals surface area contributed by atoms with Gasteiger partial charge in [0.05, 0.1) is 17.4 Å². The number of carbonyl (C=O) groups excluding carboxylic acids is 2. The van der Waals surface area contributed by atoms with Gasteiger partial charge in [-0.15, -0.1) is 21.5 Å². The number of nitrogens with zero attached hydrogens (tertiary/aromatic N) is 2. The Morgan fingerprint density at radius 1 is 1.24 bits per heavy atom. The molecular formula is C19H24N4O3S3. The second-order valence-corrected chi connectivity index (χ2v) is 10.8. The minimum absolute atomic E-state index is 0.147. The van der Waals surface area contributed by atoms with Crippen LogP contribution in [0.2, 0.25) is 0 Å². The third-order valence-electron chi connectivity index (χ3n) is 4.85. The van der Waals surface area contributed by atoms with Gasteiger partial charge in [0.1, 0.15) is 5.00 Å². The van der Waals surface area contributed by atoms with Crippen LogP contribution in [0.1, 0.15) is 60.3 Å². The van der Waals surface area contributed by atoms with Crippen LogP contribution < -0.4 is 10.6 Å². The van der Waals surface area contributed by atoms with Crippen LogP contribution in [-0.2, 0) is 22.4 Å². The molecule has 0 spiro atoms. The van der Waals surface area contributed by atoms with Crippen LogP contribution in [0, 0.1) is 0 Å². The average Bonchev–Trinajstić information content (AvgIpc) is 3.27. The van der Waals surface area contributed by atoms with E-state index in [1.54, 1.807) is 6.92 Å². The predicted molar refractivity (Wildman–Crippen MR) is 117 cm³/mol. The minimum Gasteiger partial charge on any atom is -0.462 e. The zero-order chi connectivity index (χ0) is 20.4. The summed E-state index contributed by atoms with van der Waals surface area (Å²) < 4.78 is 6.01. The van der Waals surface area contributed by atoms with Gasteiger partial charge in [-0.05, 0) is 57.9 Å². The maximum atomic E-state index is 12.8. The van der Waals surface area contributed by atoms with Gasteiger partial charge in [0.25, 0.3) is 0 Å². The molecule has 2 aromatic heterocycles. The molecule has 0 bridgehead atoms.